The van der Waals surface area contributed by atoms with E-state index < -0.39 is 0 Å². The van der Waals surface area contributed by atoms with Gasteiger partial charge in [0, 0.05) is 13.0 Å². The molecular formula is C8H16N4. The minimum atomic E-state index is 0.525. The summed E-state index contributed by atoms with van der Waals surface area (Å²) in [5.41, 5.74) is 1.20. The van der Waals surface area contributed by atoms with Gasteiger partial charge in [-0.15, -0.1) is 5.10 Å². The lowest BCUT2D eigenvalue weighted by Crippen LogP contribution is -2.12. The molecule has 0 aliphatic rings. The zero-order chi connectivity index (χ0) is 8.97. The third-order valence-electron chi connectivity index (χ3n) is 2.08. The van der Waals surface area contributed by atoms with Crippen molar-refractivity contribution in [1.82, 2.24) is 20.3 Å². The third kappa shape index (κ3) is 2.04. The summed E-state index contributed by atoms with van der Waals surface area (Å²) in [7, 11) is 3.90. The van der Waals surface area contributed by atoms with Crippen LogP contribution >= 0.6 is 0 Å². The third-order valence-corrected chi connectivity index (χ3v) is 2.08. The second-order valence-electron chi connectivity index (χ2n) is 3.08. The molecule has 4 nitrogen and oxygen atoms in total. The quantitative estimate of drug-likeness (QED) is 0.713. The normalized spacial score (nSPS) is 13.2. The first kappa shape index (κ1) is 9.19. The Balaban J connectivity index is 2.52. The van der Waals surface area contributed by atoms with Gasteiger partial charge in [-0.2, -0.15) is 0 Å². The fourth-order valence-electron chi connectivity index (χ4n) is 1.25. The van der Waals surface area contributed by atoms with Crippen LogP contribution in [0.5, 0.6) is 0 Å². The summed E-state index contributed by atoms with van der Waals surface area (Å²) in [6.07, 6.45) is 2.96. The van der Waals surface area contributed by atoms with Crippen LogP contribution in [-0.4, -0.2) is 28.6 Å². The van der Waals surface area contributed by atoms with Crippen LogP contribution in [0.2, 0.25) is 0 Å². The number of aryl methyl sites for hydroxylation is 1. The van der Waals surface area contributed by atoms with E-state index in [9.17, 15) is 0 Å². The van der Waals surface area contributed by atoms with E-state index in [2.05, 4.69) is 22.6 Å². The summed E-state index contributed by atoms with van der Waals surface area (Å²) < 4.78 is 1.83. The summed E-state index contributed by atoms with van der Waals surface area (Å²) in [6, 6.07) is 0. The molecule has 1 N–H and O–H groups in total. The first-order valence-electron chi connectivity index (χ1n) is 4.25. The van der Waals surface area contributed by atoms with Gasteiger partial charge in [0.05, 0.1) is 11.9 Å². The molecule has 0 aromatic carbocycles. The van der Waals surface area contributed by atoms with Crippen molar-refractivity contribution in [1.29, 1.82) is 0 Å². The fourth-order valence-corrected chi connectivity index (χ4v) is 1.25. The number of hydrogen-bond donors (Lipinski definition) is 1. The van der Waals surface area contributed by atoms with Gasteiger partial charge >= 0.3 is 0 Å². The standard InChI is InChI=1S/C8H16N4/c1-7(4-5-9-2)8-6-10-11-12(8)3/h6-7,9H,4-5H2,1-3H3. The van der Waals surface area contributed by atoms with Crippen LogP contribution in [0, 0.1) is 0 Å². The van der Waals surface area contributed by atoms with Gasteiger partial charge in [0.2, 0.25) is 0 Å². The van der Waals surface area contributed by atoms with Crippen molar-refractivity contribution in [3.63, 3.8) is 0 Å². The number of aromatic nitrogens is 3. The average molecular weight is 168 g/mol. The topological polar surface area (TPSA) is 42.7 Å². The van der Waals surface area contributed by atoms with Crippen LogP contribution in [0.4, 0.5) is 0 Å². The van der Waals surface area contributed by atoms with Crippen LogP contribution in [0.15, 0.2) is 6.20 Å². The molecule has 0 saturated carbocycles. The molecule has 0 amide bonds. The Hall–Kier alpha value is -0.900. The lowest BCUT2D eigenvalue weighted by Gasteiger charge is -2.09. The molecule has 12 heavy (non-hydrogen) atoms. The minimum absolute atomic E-state index is 0.525. The SMILES string of the molecule is CNCCC(C)c1cnnn1C. The van der Waals surface area contributed by atoms with Gasteiger partial charge in [0.15, 0.2) is 0 Å². The summed E-state index contributed by atoms with van der Waals surface area (Å²) >= 11 is 0. The number of rotatable bonds is 4. The Morgan fingerprint density at radius 3 is 2.92 bits per heavy atom. The summed E-state index contributed by atoms with van der Waals surface area (Å²) in [5.74, 6) is 0.525. The van der Waals surface area contributed by atoms with E-state index in [0.717, 1.165) is 13.0 Å². The Morgan fingerprint density at radius 1 is 1.67 bits per heavy atom. The van der Waals surface area contributed by atoms with Crippen LogP contribution in [0.1, 0.15) is 25.0 Å². The Morgan fingerprint density at radius 2 is 2.42 bits per heavy atom. The molecule has 1 unspecified atom stereocenters. The molecule has 1 heterocycles. The highest BCUT2D eigenvalue weighted by Gasteiger charge is 2.08. The Kier molecular flexibility index (Phi) is 3.22. The van der Waals surface area contributed by atoms with E-state index in [4.69, 9.17) is 0 Å². The summed E-state index contributed by atoms with van der Waals surface area (Å²) in [6.45, 7) is 3.22. The molecule has 0 saturated heterocycles. The predicted molar refractivity (Wildman–Crippen MR) is 48.0 cm³/mol. The molecular weight excluding hydrogens is 152 g/mol. The fraction of sp³-hybridized carbons (Fsp3) is 0.750. The summed E-state index contributed by atoms with van der Waals surface area (Å²) in [4.78, 5) is 0. The molecule has 0 bridgehead atoms. The second-order valence-corrected chi connectivity index (χ2v) is 3.08. The monoisotopic (exact) mass is 168 g/mol. The van der Waals surface area contributed by atoms with Gasteiger partial charge < -0.3 is 5.32 Å². The maximum atomic E-state index is 3.89. The molecule has 0 spiro atoms. The lowest BCUT2D eigenvalue weighted by atomic mass is 10.1. The van der Waals surface area contributed by atoms with Crippen LogP contribution in [0.25, 0.3) is 0 Å². The molecule has 1 rings (SSSR count). The smallest absolute Gasteiger partial charge is 0.0727 e. The minimum Gasteiger partial charge on any atom is -0.320 e. The first-order chi connectivity index (χ1) is 5.75. The van der Waals surface area contributed by atoms with Crippen LogP contribution < -0.4 is 5.32 Å². The molecule has 68 valence electrons. The second kappa shape index (κ2) is 4.21. The highest BCUT2D eigenvalue weighted by Crippen LogP contribution is 2.15. The Labute approximate surface area is 73.0 Å². The molecule has 1 atom stereocenters. The van der Waals surface area contributed by atoms with Crippen molar-refractivity contribution in [2.75, 3.05) is 13.6 Å². The zero-order valence-corrected chi connectivity index (χ0v) is 7.91. The van der Waals surface area contributed by atoms with E-state index >= 15 is 0 Å². The maximum absolute atomic E-state index is 3.89. The van der Waals surface area contributed by atoms with E-state index in [1.165, 1.54) is 5.69 Å². The highest BCUT2D eigenvalue weighted by molar-refractivity contribution is 5.00. The van der Waals surface area contributed by atoms with Gasteiger partial charge in [0.1, 0.15) is 0 Å². The number of nitrogens with one attached hydrogen (secondary N) is 1. The first-order valence-corrected chi connectivity index (χ1v) is 4.25. The van der Waals surface area contributed by atoms with Crippen molar-refractivity contribution in [2.45, 2.75) is 19.3 Å². The van der Waals surface area contributed by atoms with Crippen molar-refractivity contribution in [2.24, 2.45) is 7.05 Å². The highest BCUT2D eigenvalue weighted by atomic mass is 15.4. The number of nitrogens with zero attached hydrogens (tertiary/aromatic N) is 3. The van der Waals surface area contributed by atoms with Gasteiger partial charge in [-0.3, -0.25) is 4.68 Å². The molecule has 0 aliphatic carbocycles. The molecule has 1 aromatic heterocycles. The molecule has 0 aliphatic heterocycles. The molecule has 4 heteroatoms. The van der Waals surface area contributed by atoms with E-state index in [0.29, 0.717) is 5.92 Å². The number of hydrogen-bond acceptors (Lipinski definition) is 3. The average Bonchev–Trinajstić information content (AvgIpc) is 2.47. The van der Waals surface area contributed by atoms with Crippen molar-refractivity contribution >= 4 is 0 Å². The van der Waals surface area contributed by atoms with Gasteiger partial charge in [-0.1, -0.05) is 12.1 Å². The van der Waals surface area contributed by atoms with Crippen molar-refractivity contribution < 1.29 is 0 Å². The van der Waals surface area contributed by atoms with Gasteiger partial charge in [0.25, 0.3) is 0 Å². The predicted octanol–water partition coefficient (Wildman–Crippen LogP) is 0.528. The van der Waals surface area contributed by atoms with Crippen molar-refractivity contribution in [3.8, 4) is 0 Å². The van der Waals surface area contributed by atoms with Gasteiger partial charge in [-0.05, 0) is 20.0 Å². The lowest BCUT2D eigenvalue weighted by molar-refractivity contribution is 0.577. The van der Waals surface area contributed by atoms with Crippen LogP contribution in [0.3, 0.4) is 0 Å². The maximum Gasteiger partial charge on any atom is 0.0727 e. The Bertz CT molecular complexity index is 231. The molecule has 1 aromatic rings. The summed E-state index contributed by atoms with van der Waals surface area (Å²) in [5, 5.41) is 10.9. The largest absolute Gasteiger partial charge is 0.320 e. The molecule has 0 radical (unpaired) electrons. The zero-order valence-electron chi connectivity index (χ0n) is 7.91. The van der Waals surface area contributed by atoms with E-state index in [1.807, 2.05) is 25.0 Å². The molecule has 0 fully saturated rings. The van der Waals surface area contributed by atoms with E-state index in [1.54, 1.807) is 0 Å². The van der Waals surface area contributed by atoms with Gasteiger partial charge in [-0.25, -0.2) is 0 Å². The van der Waals surface area contributed by atoms with Crippen LogP contribution in [-0.2, 0) is 7.05 Å². The van der Waals surface area contributed by atoms with E-state index in [-0.39, 0.29) is 0 Å². The van der Waals surface area contributed by atoms with Crippen molar-refractivity contribution in [3.05, 3.63) is 11.9 Å².